The maximum absolute atomic E-state index is 12.5. The van der Waals surface area contributed by atoms with Gasteiger partial charge in [0.1, 0.15) is 17.2 Å². The minimum atomic E-state index is -0.0508. The van der Waals surface area contributed by atoms with Crippen LogP contribution in [0.1, 0.15) is 18.1 Å². The van der Waals surface area contributed by atoms with E-state index in [0.717, 1.165) is 16.9 Å². The van der Waals surface area contributed by atoms with Crippen molar-refractivity contribution in [2.75, 3.05) is 27.9 Å². The molecule has 5 heteroatoms. The Hall–Kier alpha value is -2.95. The first kappa shape index (κ1) is 19.4. The van der Waals surface area contributed by atoms with Crippen molar-refractivity contribution >= 4 is 12.0 Å². The fraction of sp³-hybridized carbons (Fsp3) is 0.286. The molecule has 0 spiro atoms. The number of hydrogen-bond donors (Lipinski definition) is 0. The van der Waals surface area contributed by atoms with E-state index in [1.54, 1.807) is 44.4 Å². The summed E-state index contributed by atoms with van der Waals surface area (Å²) in [6, 6.07) is 13.2. The van der Waals surface area contributed by atoms with E-state index in [2.05, 4.69) is 0 Å². The van der Waals surface area contributed by atoms with Crippen molar-refractivity contribution < 1.29 is 19.0 Å². The molecular formula is C21H25NO4. The molecule has 138 valence electrons. The molecule has 0 bridgehead atoms. The zero-order valence-electron chi connectivity index (χ0n) is 15.7. The molecule has 1 amide bonds. The van der Waals surface area contributed by atoms with Crippen LogP contribution in [0.5, 0.6) is 17.2 Å². The quantitative estimate of drug-likeness (QED) is 0.676. The Kier molecular flexibility index (Phi) is 7.09. The average molecular weight is 355 g/mol. The number of methoxy groups -OCH3 is 3. The van der Waals surface area contributed by atoms with Crippen molar-refractivity contribution in [2.45, 2.75) is 13.5 Å². The van der Waals surface area contributed by atoms with Gasteiger partial charge in [-0.3, -0.25) is 4.79 Å². The van der Waals surface area contributed by atoms with Crippen LogP contribution in [0.3, 0.4) is 0 Å². The zero-order chi connectivity index (χ0) is 18.9. The van der Waals surface area contributed by atoms with E-state index in [0.29, 0.717) is 24.6 Å². The molecular weight excluding hydrogens is 330 g/mol. The molecule has 0 radical (unpaired) electrons. The van der Waals surface area contributed by atoms with Crippen molar-refractivity contribution in [3.63, 3.8) is 0 Å². The highest BCUT2D eigenvalue weighted by atomic mass is 16.5. The van der Waals surface area contributed by atoms with Gasteiger partial charge >= 0.3 is 0 Å². The molecule has 0 aliphatic heterocycles. The third kappa shape index (κ3) is 5.28. The minimum Gasteiger partial charge on any atom is -0.497 e. The van der Waals surface area contributed by atoms with Crippen molar-refractivity contribution in [2.24, 2.45) is 0 Å². The van der Waals surface area contributed by atoms with Gasteiger partial charge in [0.25, 0.3) is 0 Å². The molecule has 0 saturated heterocycles. The molecule has 0 heterocycles. The van der Waals surface area contributed by atoms with Crippen LogP contribution in [0, 0.1) is 0 Å². The highest BCUT2D eigenvalue weighted by Crippen LogP contribution is 2.23. The minimum absolute atomic E-state index is 0.0508. The topological polar surface area (TPSA) is 48.0 Å². The van der Waals surface area contributed by atoms with Gasteiger partial charge in [-0.2, -0.15) is 0 Å². The van der Waals surface area contributed by atoms with Crippen LogP contribution in [-0.2, 0) is 11.3 Å². The summed E-state index contributed by atoms with van der Waals surface area (Å²) in [5.41, 5.74) is 1.90. The molecule has 0 fully saturated rings. The maximum Gasteiger partial charge on any atom is 0.246 e. The lowest BCUT2D eigenvalue weighted by atomic mass is 10.1. The zero-order valence-corrected chi connectivity index (χ0v) is 15.7. The molecule has 2 aromatic carbocycles. The van der Waals surface area contributed by atoms with Gasteiger partial charge < -0.3 is 19.1 Å². The molecule has 0 unspecified atom stereocenters. The smallest absolute Gasteiger partial charge is 0.246 e. The predicted molar refractivity (Wildman–Crippen MR) is 103 cm³/mol. The van der Waals surface area contributed by atoms with Gasteiger partial charge in [0.15, 0.2) is 0 Å². The van der Waals surface area contributed by atoms with E-state index in [-0.39, 0.29) is 5.91 Å². The number of ether oxygens (including phenoxy) is 3. The summed E-state index contributed by atoms with van der Waals surface area (Å²) in [5, 5.41) is 0. The number of rotatable bonds is 8. The Morgan fingerprint density at radius 3 is 2.00 bits per heavy atom. The average Bonchev–Trinajstić information content (AvgIpc) is 2.70. The number of benzene rings is 2. The highest BCUT2D eigenvalue weighted by Gasteiger charge is 2.09. The lowest BCUT2D eigenvalue weighted by Gasteiger charge is -2.19. The van der Waals surface area contributed by atoms with E-state index in [9.17, 15) is 4.79 Å². The number of carbonyl (C=O) groups is 1. The van der Waals surface area contributed by atoms with Crippen LogP contribution < -0.4 is 14.2 Å². The second-order valence-electron chi connectivity index (χ2n) is 5.68. The molecule has 0 atom stereocenters. The van der Waals surface area contributed by atoms with Crippen LogP contribution in [0.15, 0.2) is 48.5 Å². The van der Waals surface area contributed by atoms with E-state index in [1.807, 2.05) is 43.3 Å². The number of nitrogens with zero attached hydrogens (tertiary/aromatic N) is 1. The van der Waals surface area contributed by atoms with E-state index in [4.69, 9.17) is 14.2 Å². The van der Waals surface area contributed by atoms with Crippen LogP contribution in [0.4, 0.5) is 0 Å². The predicted octanol–water partition coefficient (Wildman–Crippen LogP) is 3.77. The molecule has 0 aliphatic carbocycles. The summed E-state index contributed by atoms with van der Waals surface area (Å²) in [5.74, 6) is 2.11. The fourth-order valence-electron chi connectivity index (χ4n) is 2.50. The molecule has 2 aromatic rings. The Morgan fingerprint density at radius 2 is 1.50 bits per heavy atom. The van der Waals surface area contributed by atoms with Gasteiger partial charge in [-0.15, -0.1) is 0 Å². The normalized spacial score (nSPS) is 10.6. The second-order valence-corrected chi connectivity index (χ2v) is 5.68. The molecule has 0 saturated carbocycles. The Labute approximate surface area is 154 Å². The summed E-state index contributed by atoms with van der Waals surface area (Å²) in [6.45, 7) is 3.13. The van der Waals surface area contributed by atoms with E-state index < -0.39 is 0 Å². The first-order valence-electron chi connectivity index (χ1n) is 8.42. The van der Waals surface area contributed by atoms with Crippen LogP contribution in [0.2, 0.25) is 0 Å². The molecule has 26 heavy (non-hydrogen) atoms. The maximum atomic E-state index is 12.5. The first-order chi connectivity index (χ1) is 12.6. The van der Waals surface area contributed by atoms with Gasteiger partial charge in [-0.25, -0.2) is 0 Å². The van der Waals surface area contributed by atoms with Gasteiger partial charge in [0.05, 0.1) is 21.3 Å². The van der Waals surface area contributed by atoms with Gasteiger partial charge in [0.2, 0.25) is 5.91 Å². The number of hydrogen-bond acceptors (Lipinski definition) is 4. The van der Waals surface area contributed by atoms with Crippen LogP contribution in [-0.4, -0.2) is 38.7 Å². The highest BCUT2D eigenvalue weighted by molar-refractivity contribution is 5.91. The van der Waals surface area contributed by atoms with Gasteiger partial charge in [0, 0.05) is 25.2 Å². The lowest BCUT2D eigenvalue weighted by molar-refractivity contribution is -0.126. The summed E-state index contributed by atoms with van der Waals surface area (Å²) in [6.07, 6.45) is 3.34. The van der Waals surface area contributed by atoms with Gasteiger partial charge in [-0.05, 0) is 48.4 Å². The Bertz CT molecular complexity index is 731. The molecule has 0 aromatic heterocycles. The number of amides is 1. The Morgan fingerprint density at radius 1 is 0.923 bits per heavy atom. The second kappa shape index (κ2) is 9.51. The summed E-state index contributed by atoms with van der Waals surface area (Å²) in [7, 11) is 4.83. The summed E-state index contributed by atoms with van der Waals surface area (Å²) >= 11 is 0. The molecule has 5 nitrogen and oxygen atoms in total. The largest absolute Gasteiger partial charge is 0.497 e. The first-order valence-corrected chi connectivity index (χ1v) is 8.42. The fourth-order valence-corrected chi connectivity index (χ4v) is 2.50. The lowest BCUT2D eigenvalue weighted by Crippen LogP contribution is -2.28. The number of carbonyl (C=O) groups excluding carboxylic acids is 1. The van der Waals surface area contributed by atoms with E-state index >= 15 is 0 Å². The van der Waals surface area contributed by atoms with Crippen LogP contribution >= 0.6 is 0 Å². The summed E-state index contributed by atoms with van der Waals surface area (Å²) in [4.78, 5) is 14.3. The molecule has 0 aliphatic rings. The third-order valence-electron chi connectivity index (χ3n) is 4.02. The van der Waals surface area contributed by atoms with Crippen molar-refractivity contribution in [3.05, 3.63) is 59.7 Å². The van der Waals surface area contributed by atoms with E-state index in [1.165, 1.54) is 0 Å². The standard InChI is InChI=1S/C21H25NO4/c1-5-22(15-16-6-9-18(24-2)10-7-16)21(23)11-8-17-12-19(25-3)14-20(13-17)26-4/h6-14H,5,15H2,1-4H3/b11-8+. The monoisotopic (exact) mass is 355 g/mol. The molecule has 0 N–H and O–H groups in total. The van der Waals surface area contributed by atoms with Crippen molar-refractivity contribution in [1.29, 1.82) is 0 Å². The Balaban J connectivity index is 2.09. The summed E-state index contributed by atoms with van der Waals surface area (Å²) < 4.78 is 15.7. The van der Waals surface area contributed by atoms with Crippen molar-refractivity contribution in [1.82, 2.24) is 4.90 Å². The number of likely N-dealkylation sites (N-methyl/N-ethyl adjacent to an activating group) is 1. The van der Waals surface area contributed by atoms with Crippen LogP contribution in [0.25, 0.3) is 6.08 Å². The van der Waals surface area contributed by atoms with Gasteiger partial charge in [-0.1, -0.05) is 12.1 Å². The third-order valence-corrected chi connectivity index (χ3v) is 4.02. The SMILES string of the molecule is CCN(Cc1ccc(OC)cc1)C(=O)/C=C/c1cc(OC)cc(OC)c1. The van der Waals surface area contributed by atoms with Crippen molar-refractivity contribution in [3.8, 4) is 17.2 Å². The molecule has 2 rings (SSSR count).